The van der Waals surface area contributed by atoms with Gasteiger partial charge >= 0.3 is 5.97 Å². The van der Waals surface area contributed by atoms with E-state index in [0.717, 1.165) is 11.4 Å². The molecule has 102 valence electrons. The summed E-state index contributed by atoms with van der Waals surface area (Å²) >= 11 is 0. The van der Waals surface area contributed by atoms with Gasteiger partial charge in [-0.25, -0.2) is 0 Å². The van der Waals surface area contributed by atoms with E-state index in [1.165, 1.54) is 0 Å². The van der Waals surface area contributed by atoms with E-state index < -0.39 is 12.0 Å². The van der Waals surface area contributed by atoms with Gasteiger partial charge < -0.3 is 15.2 Å². The molecule has 1 aliphatic heterocycles. The lowest BCUT2D eigenvalue weighted by molar-refractivity contribution is -0.136. The van der Waals surface area contributed by atoms with Crippen LogP contribution < -0.4 is 15.4 Å². The van der Waals surface area contributed by atoms with Crippen LogP contribution in [0.25, 0.3) is 0 Å². The first-order valence-electron chi connectivity index (χ1n) is 6.08. The highest BCUT2D eigenvalue weighted by Crippen LogP contribution is 2.28. The minimum atomic E-state index is -0.986. The molecule has 3 N–H and O–H groups in total. The third kappa shape index (κ3) is 3.23. The van der Waals surface area contributed by atoms with Crippen molar-refractivity contribution >= 4 is 17.4 Å². The summed E-state index contributed by atoms with van der Waals surface area (Å²) in [7, 11) is 0. The van der Waals surface area contributed by atoms with Crippen LogP contribution in [-0.4, -0.2) is 42.6 Å². The van der Waals surface area contributed by atoms with Crippen molar-refractivity contribution < 1.29 is 19.4 Å². The maximum absolute atomic E-state index is 12.1. The number of hydrogen-bond donors (Lipinski definition) is 3. The van der Waals surface area contributed by atoms with E-state index in [1.54, 1.807) is 25.1 Å². The number of aliphatic carboxylic acids is 1. The highest BCUT2D eigenvalue weighted by Gasteiger charge is 2.18. The van der Waals surface area contributed by atoms with Gasteiger partial charge in [0.05, 0.1) is 18.3 Å². The normalized spacial score (nSPS) is 14.8. The van der Waals surface area contributed by atoms with Gasteiger partial charge in [0.2, 0.25) is 0 Å². The summed E-state index contributed by atoms with van der Waals surface area (Å²) in [6, 6.07) is 4.63. The fourth-order valence-electron chi connectivity index (χ4n) is 1.88. The lowest BCUT2D eigenvalue weighted by atomic mass is 10.0. The number of benzene rings is 1. The first-order valence-corrected chi connectivity index (χ1v) is 6.08. The van der Waals surface area contributed by atoms with Crippen molar-refractivity contribution in [3.63, 3.8) is 0 Å². The largest absolute Gasteiger partial charge is 0.490 e. The zero-order valence-electron chi connectivity index (χ0n) is 10.6. The molecular weight excluding hydrogens is 248 g/mol. The van der Waals surface area contributed by atoms with Crippen molar-refractivity contribution in [2.75, 3.05) is 25.0 Å². The molecule has 1 unspecified atom stereocenters. The predicted octanol–water partition coefficient (Wildman–Crippen LogP) is 0.736. The summed E-state index contributed by atoms with van der Waals surface area (Å²) < 4.78 is 5.43. The molecule has 6 heteroatoms. The van der Waals surface area contributed by atoms with Crippen LogP contribution in [-0.2, 0) is 4.79 Å². The van der Waals surface area contributed by atoms with E-state index in [-0.39, 0.29) is 12.3 Å². The third-order valence-corrected chi connectivity index (χ3v) is 2.89. The van der Waals surface area contributed by atoms with Gasteiger partial charge in [-0.15, -0.1) is 0 Å². The summed E-state index contributed by atoms with van der Waals surface area (Å²) in [4.78, 5) is 22.6. The van der Waals surface area contributed by atoms with Gasteiger partial charge in [-0.05, 0) is 25.1 Å². The Morgan fingerprint density at radius 2 is 2.32 bits per heavy atom. The molecule has 0 aliphatic carbocycles. The Kier molecular flexibility index (Phi) is 4.01. The Hall–Kier alpha value is -2.08. The van der Waals surface area contributed by atoms with Crippen molar-refractivity contribution in [3.8, 4) is 5.75 Å². The molecule has 6 nitrogen and oxygen atoms in total. The van der Waals surface area contributed by atoms with Crippen LogP contribution in [0.4, 0.5) is 5.69 Å². The highest BCUT2D eigenvalue weighted by atomic mass is 16.5. The number of carboxylic acids is 1. The van der Waals surface area contributed by atoms with Crippen molar-refractivity contribution in [3.05, 3.63) is 23.8 Å². The molecular formula is C13H16N2O4. The molecule has 1 aliphatic rings. The monoisotopic (exact) mass is 264 g/mol. The Morgan fingerprint density at radius 1 is 1.53 bits per heavy atom. The average molecular weight is 264 g/mol. The molecule has 0 spiro atoms. The van der Waals surface area contributed by atoms with Crippen molar-refractivity contribution in [1.82, 2.24) is 5.32 Å². The Morgan fingerprint density at radius 3 is 3.05 bits per heavy atom. The first-order chi connectivity index (χ1) is 9.08. The van der Waals surface area contributed by atoms with Gasteiger partial charge in [0.25, 0.3) is 0 Å². The summed E-state index contributed by atoms with van der Waals surface area (Å²) in [6.07, 6.45) is 0. The predicted molar refractivity (Wildman–Crippen MR) is 69.9 cm³/mol. The SMILES string of the molecule is CC(NCC(=O)O)C(=O)c1ccc2c(c1)NCCO2. The van der Waals surface area contributed by atoms with Crippen LogP contribution in [0.5, 0.6) is 5.75 Å². The van der Waals surface area contributed by atoms with Crippen LogP contribution in [0.3, 0.4) is 0 Å². The van der Waals surface area contributed by atoms with Gasteiger partial charge in [0, 0.05) is 12.1 Å². The molecule has 1 heterocycles. The zero-order chi connectivity index (χ0) is 13.8. The smallest absolute Gasteiger partial charge is 0.317 e. The molecule has 0 saturated heterocycles. The summed E-state index contributed by atoms with van der Waals surface area (Å²) in [5, 5.41) is 14.4. The molecule has 2 rings (SSSR count). The van der Waals surface area contributed by atoms with E-state index in [1.807, 2.05) is 0 Å². The Balaban J connectivity index is 2.08. The van der Waals surface area contributed by atoms with E-state index >= 15 is 0 Å². The fourth-order valence-corrected chi connectivity index (χ4v) is 1.88. The molecule has 19 heavy (non-hydrogen) atoms. The maximum Gasteiger partial charge on any atom is 0.317 e. The van der Waals surface area contributed by atoms with Crippen LogP contribution in [0.2, 0.25) is 0 Å². The number of ether oxygens (including phenoxy) is 1. The number of hydrogen-bond acceptors (Lipinski definition) is 5. The minimum absolute atomic E-state index is 0.142. The maximum atomic E-state index is 12.1. The topological polar surface area (TPSA) is 87.7 Å². The van der Waals surface area contributed by atoms with E-state index in [0.29, 0.717) is 18.7 Å². The van der Waals surface area contributed by atoms with Crippen molar-refractivity contribution in [1.29, 1.82) is 0 Å². The van der Waals surface area contributed by atoms with Gasteiger partial charge in [-0.1, -0.05) is 0 Å². The van der Waals surface area contributed by atoms with Crippen LogP contribution in [0.1, 0.15) is 17.3 Å². The van der Waals surface area contributed by atoms with Gasteiger partial charge in [0.1, 0.15) is 12.4 Å². The van der Waals surface area contributed by atoms with Crippen LogP contribution >= 0.6 is 0 Å². The number of carbonyl (C=O) groups excluding carboxylic acids is 1. The summed E-state index contributed by atoms with van der Waals surface area (Å²) in [5.41, 5.74) is 1.32. The molecule has 1 atom stereocenters. The molecule has 0 fully saturated rings. The van der Waals surface area contributed by atoms with E-state index in [9.17, 15) is 9.59 Å². The molecule has 0 aromatic heterocycles. The minimum Gasteiger partial charge on any atom is -0.490 e. The van der Waals surface area contributed by atoms with Crippen molar-refractivity contribution in [2.24, 2.45) is 0 Å². The number of fused-ring (bicyclic) bond motifs is 1. The first kappa shape index (κ1) is 13.4. The number of anilines is 1. The molecule has 0 bridgehead atoms. The second-order valence-electron chi connectivity index (χ2n) is 4.35. The second-order valence-corrected chi connectivity index (χ2v) is 4.35. The number of carboxylic acid groups (broad SMARTS) is 1. The number of Topliss-reactive ketones (excluding diaryl/α,β-unsaturated/α-hetero) is 1. The van der Waals surface area contributed by atoms with Crippen LogP contribution in [0.15, 0.2) is 18.2 Å². The summed E-state index contributed by atoms with van der Waals surface area (Å²) in [6.45, 7) is 2.72. The Bertz CT molecular complexity index is 501. The molecule has 0 amide bonds. The Labute approximate surface area is 110 Å². The van der Waals surface area contributed by atoms with Gasteiger partial charge in [-0.3, -0.25) is 14.9 Å². The average Bonchev–Trinajstić information content (AvgIpc) is 2.43. The molecule has 1 aromatic carbocycles. The lowest BCUT2D eigenvalue weighted by Crippen LogP contribution is -2.37. The van der Waals surface area contributed by atoms with Gasteiger partial charge in [-0.2, -0.15) is 0 Å². The third-order valence-electron chi connectivity index (χ3n) is 2.89. The van der Waals surface area contributed by atoms with E-state index in [2.05, 4.69) is 10.6 Å². The number of rotatable bonds is 5. The quantitative estimate of drug-likeness (QED) is 0.680. The molecule has 1 aromatic rings. The number of ketones is 1. The number of carbonyl (C=O) groups is 2. The fraction of sp³-hybridized carbons (Fsp3) is 0.385. The number of nitrogens with one attached hydrogen (secondary N) is 2. The highest BCUT2D eigenvalue weighted by molar-refractivity contribution is 6.01. The molecule has 0 saturated carbocycles. The van der Waals surface area contributed by atoms with Crippen molar-refractivity contribution in [2.45, 2.75) is 13.0 Å². The zero-order valence-corrected chi connectivity index (χ0v) is 10.6. The summed E-state index contributed by atoms with van der Waals surface area (Å²) in [5.74, 6) is -0.398. The standard InChI is InChI=1S/C13H16N2O4/c1-8(15-7-12(16)17)13(18)9-2-3-11-10(6-9)14-4-5-19-11/h2-3,6,8,14-15H,4-5,7H2,1H3,(H,16,17). The van der Waals surface area contributed by atoms with Crippen LogP contribution in [0, 0.1) is 0 Å². The lowest BCUT2D eigenvalue weighted by Gasteiger charge is -2.20. The molecule has 0 radical (unpaired) electrons. The van der Waals surface area contributed by atoms with Gasteiger partial charge in [0.15, 0.2) is 5.78 Å². The second kappa shape index (κ2) is 5.71. The van der Waals surface area contributed by atoms with E-state index in [4.69, 9.17) is 9.84 Å².